The first-order chi connectivity index (χ1) is 9.60. The zero-order valence-corrected chi connectivity index (χ0v) is 12.4. The van der Waals surface area contributed by atoms with Gasteiger partial charge in [0.25, 0.3) is 5.56 Å². The Balaban J connectivity index is 2.23. The highest BCUT2D eigenvalue weighted by Gasteiger charge is 2.21. The Hall–Kier alpha value is -2.02. The maximum Gasteiger partial charge on any atom is 0.285 e. The number of nitrogens with zero attached hydrogens (tertiary/aromatic N) is 2. The first-order valence-electron chi connectivity index (χ1n) is 5.84. The zero-order valence-electron chi connectivity index (χ0n) is 10.8. The number of halogens is 1. The molecule has 1 aliphatic heterocycles. The van der Waals surface area contributed by atoms with Gasteiger partial charge in [-0.15, -0.1) is 0 Å². The summed E-state index contributed by atoms with van der Waals surface area (Å²) in [6.45, 7) is 1.94. The molecule has 7 heteroatoms. The fourth-order valence-electron chi connectivity index (χ4n) is 1.99. The molecule has 0 bridgehead atoms. The second kappa shape index (κ2) is 4.82. The summed E-state index contributed by atoms with van der Waals surface area (Å²) in [5.41, 5.74) is 1.02. The van der Waals surface area contributed by atoms with Crippen molar-refractivity contribution in [3.8, 4) is 22.9 Å². The number of fused-ring (bicyclic) bond motifs is 1. The average molecular weight is 339 g/mol. The third-order valence-corrected chi connectivity index (χ3v) is 3.45. The largest absolute Gasteiger partial charge is 0.493 e. The lowest BCUT2D eigenvalue weighted by molar-refractivity contribution is 0.171. The van der Waals surface area contributed by atoms with E-state index in [0.717, 1.165) is 0 Å². The molecule has 0 aliphatic carbocycles. The molecule has 0 fully saturated rings. The third-order valence-electron chi connectivity index (χ3n) is 2.88. The maximum atomic E-state index is 12.2. The summed E-state index contributed by atoms with van der Waals surface area (Å²) in [6.07, 6.45) is 0. The maximum absolute atomic E-state index is 12.2. The van der Waals surface area contributed by atoms with E-state index < -0.39 is 0 Å². The first-order valence-corrected chi connectivity index (χ1v) is 6.64. The second-order valence-corrected chi connectivity index (χ2v) is 5.09. The van der Waals surface area contributed by atoms with Crippen LogP contribution in [0.5, 0.6) is 17.2 Å². The molecular formula is C13H11BrN2O4. The fourth-order valence-corrected chi connectivity index (χ4v) is 2.49. The number of aromatic nitrogens is 2. The number of ether oxygens (including phenoxy) is 3. The van der Waals surface area contributed by atoms with Crippen molar-refractivity contribution in [3.05, 3.63) is 38.7 Å². The van der Waals surface area contributed by atoms with E-state index >= 15 is 0 Å². The Kier molecular flexibility index (Phi) is 3.13. The van der Waals surface area contributed by atoms with Crippen LogP contribution in [-0.2, 0) is 0 Å². The Morgan fingerprint density at radius 1 is 1.35 bits per heavy atom. The number of rotatable bonds is 2. The van der Waals surface area contributed by atoms with Gasteiger partial charge in [-0.2, -0.15) is 9.78 Å². The summed E-state index contributed by atoms with van der Waals surface area (Å²) < 4.78 is 17.7. The summed E-state index contributed by atoms with van der Waals surface area (Å²) in [5.74, 6) is 1.57. The molecule has 1 aromatic heterocycles. The molecule has 1 aromatic carbocycles. The van der Waals surface area contributed by atoms with Crippen LogP contribution < -0.4 is 19.8 Å². The summed E-state index contributed by atoms with van der Waals surface area (Å²) >= 11 is 3.23. The molecule has 6 nitrogen and oxygen atoms in total. The van der Waals surface area contributed by atoms with Gasteiger partial charge in [-0.05, 0) is 28.9 Å². The average Bonchev–Trinajstić information content (AvgIpc) is 2.89. The highest BCUT2D eigenvalue weighted by atomic mass is 79.9. The molecule has 0 saturated heterocycles. The molecule has 1 aliphatic rings. The Bertz CT molecular complexity index is 742. The third kappa shape index (κ3) is 2.03. The highest BCUT2D eigenvalue weighted by Crippen LogP contribution is 2.42. The standard InChI is InChI=1S/C13H11BrN2O4/c1-7-3-9(14)13(17)16(15-7)8-4-10(18-2)12-11(5-8)19-6-20-12/h3-5H,6H2,1-2H3. The topological polar surface area (TPSA) is 62.6 Å². The van der Waals surface area contributed by atoms with Crippen molar-refractivity contribution in [1.29, 1.82) is 0 Å². The monoisotopic (exact) mass is 338 g/mol. The minimum Gasteiger partial charge on any atom is -0.493 e. The van der Waals surface area contributed by atoms with Gasteiger partial charge in [0.2, 0.25) is 12.5 Å². The lowest BCUT2D eigenvalue weighted by atomic mass is 10.2. The van der Waals surface area contributed by atoms with Gasteiger partial charge in [-0.1, -0.05) is 0 Å². The molecule has 0 N–H and O–H groups in total. The van der Waals surface area contributed by atoms with Crippen molar-refractivity contribution in [2.45, 2.75) is 6.92 Å². The van der Waals surface area contributed by atoms with Crippen LogP contribution in [0, 0.1) is 6.92 Å². The van der Waals surface area contributed by atoms with Crippen molar-refractivity contribution in [2.75, 3.05) is 13.9 Å². The Morgan fingerprint density at radius 3 is 2.90 bits per heavy atom. The summed E-state index contributed by atoms with van der Waals surface area (Å²) in [5, 5.41) is 4.23. The van der Waals surface area contributed by atoms with Crippen molar-refractivity contribution in [3.63, 3.8) is 0 Å². The zero-order chi connectivity index (χ0) is 14.3. The lowest BCUT2D eigenvalue weighted by Crippen LogP contribution is -2.22. The number of methoxy groups -OCH3 is 1. The predicted octanol–water partition coefficient (Wildman–Crippen LogP) is 2.04. The van der Waals surface area contributed by atoms with E-state index in [2.05, 4.69) is 21.0 Å². The number of benzene rings is 1. The van der Waals surface area contributed by atoms with Crippen LogP contribution in [0.2, 0.25) is 0 Å². The predicted molar refractivity (Wildman–Crippen MR) is 74.9 cm³/mol. The molecule has 2 aromatic rings. The van der Waals surface area contributed by atoms with Crippen LogP contribution in [-0.4, -0.2) is 23.7 Å². The number of hydrogen-bond donors (Lipinski definition) is 0. The van der Waals surface area contributed by atoms with Gasteiger partial charge in [0.1, 0.15) is 0 Å². The van der Waals surface area contributed by atoms with E-state index in [-0.39, 0.29) is 12.4 Å². The van der Waals surface area contributed by atoms with Crippen LogP contribution in [0.1, 0.15) is 5.69 Å². The van der Waals surface area contributed by atoms with Gasteiger partial charge >= 0.3 is 0 Å². The van der Waals surface area contributed by atoms with Crippen LogP contribution in [0.4, 0.5) is 0 Å². The van der Waals surface area contributed by atoms with Gasteiger partial charge in [0.15, 0.2) is 11.5 Å². The van der Waals surface area contributed by atoms with Crippen LogP contribution >= 0.6 is 15.9 Å². The van der Waals surface area contributed by atoms with Crippen molar-refractivity contribution >= 4 is 15.9 Å². The molecule has 2 heterocycles. The van der Waals surface area contributed by atoms with Gasteiger partial charge in [0.05, 0.1) is 23.0 Å². The van der Waals surface area contributed by atoms with Crippen molar-refractivity contribution in [1.82, 2.24) is 9.78 Å². The van der Waals surface area contributed by atoms with Crippen LogP contribution in [0.25, 0.3) is 5.69 Å². The molecule has 0 saturated carbocycles. The molecule has 0 unspecified atom stereocenters. The molecule has 0 radical (unpaired) electrons. The minimum atomic E-state index is -0.253. The van der Waals surface area contributed by atoms with Crippen molar-refractivity contribution in [2.24, 2.45) is 0 Å². The van der Waals surface area contributed by atoms with E-state index in [9.17, 15) is 4.79 Å². The summed E-state index contributed by atoms with van der Waals surface area (Å²) in [6, 6.07) is 5.06. The smallest absolute Gasteiger partial charge is 0.285 e. The Labute approximate surface area is 123 Å². The summed E-state index contributed by atoms with van der Waals surface area (Å²) in [7, 11) is 1.53. The van der Waals surface area contributed by atoms with E-state index in [0.29, 0.717) is 33.1 Å². The molecule has 0 amide bonds. The van der Waals surface area contributed by atoms with E-state index in [4.69, 9.17) is 14.2 Å². The van der Waals surface area contributed by atoms with E-state index in [1.165, 1.54) is 11.8 Å². The van der Waals surface area contributed by atoms with Crippen LogP contribution in [0.15, 0.2) is 27.5 Å². The highest BCUT2D eigenvalue weighted by molar-refractivity contribution is 9.10. The minimum absolute atomic E-state index is 0.134. The normalized spacial score (nSPS) is 12.6. The first kappa shape index (κ1) is 13.0. The number of hydrogen-bond acceptors (Lipinski definition) is 5. The molecular weight excluding hydrogens is 328 g/mol. The SMILES string of the molecule is COc1cc(-n2nc(C)cc(Br)c2=O)cc2c1OCO2. The van der Waals surface area contributed by atoms with Crippen LogP contribution in [0.3, 0.4) is 0 Å². The second-order valence-electron chi connectivity index (χ2n) is 4.23. The molecule has 20 heavy (non-hydrogen) atoms. The van der Waals surface area contributed by atoms with Gasteiger partial charge in [0, 0.05) is 12.1 Å². The van der Waals surface area contributed by atoms with E-state index in [1.807, 2.05) is 6.92 Å². The number of aryl methyl sites for hydroxylation is 1. The lowest BCUT2D eigenvalue weighted by Gasteiger charge is -2.10. The van der Waals surface area contributed by atoms with E-state index in [1.54, 1.807) is 18.2 Å². The molecule has 3 rings (SSSR count). The quantitative estimate of drug-likeness (QED) is 0.838. The van der Waals surface area contributed by atoms with Gasteiger partial charge in [-0.25, -0.2) is 0 Å². The van der Waals surface area contributed by atoms with Gasteiger partial charge in [-0.3, -0.25) is 4.79 Å². The van der Waals surface area contributed by atoms with Gasteiger partial charge < -0.3 is 14.2 Å². The Morgan fingerprint density at radius 2 is 2.15 bits per heavy atom. The summed E-state index contributed by atoms with van der Waals surface area (Å²) in [4.78, 5) is 12.2. The fraction of sp³-hybridized carbons (Fsp3) is 0.231. The molecule has 0 atom stereocenters. The molecule has 0 spiro atoms. The van der Waals surface area contributed by atoms with Crippen molar-refractivity contribution < 1.29 is 14.2 Å². The molecule has 104 valence electrons.